The number of anilines is 2. The van der Waals surface area contributed by atoms with E-state index in [1.165, 1.54) is 4.90 Å². The molecule has 3 aromatic rings. The van der Waals surface area contributed by atoms with Crippen LogP contribution in [-0.4, -0.2) is 30.7 Å². The lowest BCUT2D eigenvalue weighted by atomic mass is 10.1. The van der Waals surface area contributed by atoms with Crippen LogP contribution in [0.1, 0.15) is 29.3 Å². The molecule has 2 aromatic carbocycles. The predicted octanol–water partition coefficient (Wildman–Crippen LogP) is 5.26. The maximum Gasteiger partial charge on any atom is 0.244 e. The number of nitrogens with one attached hydrogen (secondary N) is 1. The highest BCUT2D eigenvalue weighted by atomic mass is 32.1. The fourth-order valence-electron chi connectivity index (χ4n) is 3.59. The number of hydrogen-bond donors (Lipinski definition) is 1. The summed E-state index contributed by atoms with van der Waals surface area (Å²) in [5.41, 5.74) is 4.78. The zero-order chi connectivity index (χ0) is 22.7. The van der Waals surface area contributed by atoms with E-state index < -0.39 is 0 Å². The highest BCUT2D eigenvalue weighted by Gasteiger charge is 2.28. The maximum atomic E-state index is 13.3. The van der Waals surface area contributed by atoms with E-state index in [9.17, 15) is 9.59 Å². The normalized spacial score (nSPS) is 13.3. The van der Waals surface area contributed by atoms with Gasteiger partial charge in [-0.1, -0.05) is 18.2 Å². The molecule has 0 unspecified atom stereocenters. The van der Waals surface area contributed by atoms with E-state index in [0.29, 0.717) is 29.4 Å². The summed E-state index contributed by atoms with van der Waals surface area (Å²) in [4.78, 5) is 33.6. The smallest absolute Gasteiger partial charge is 0.244 e. The summed E-state index contributed by atoms with van der Waals surface area (Å²) >= 11 is 1.55. The van der Waals surface area contributed by atoms with Gasteiger partial charge in [0.05, 0.1) is 35.8 Å². The molecule has 1 aromatic heterocycles. The van der Waals surface area contributed by atoms with Crippen molar-refractivity contribution in [1.29, 1.82) is 0 Å². The number of carbonyl (C=O) groups excluding carboxylic acids is 2. The number of aliphatic imine (C=N–C) groups is 1. The number of fused-ring (bicyclic) bond motifs is 1. The molecular formula is C25H25N3O3S. The molecule has 7 heteroatoms. The Labute approximate surface area is 191 Å². The van der Waals surface area contributed by atoms with Gasteiger partial charge in [-0.15, -0.1) is 11.3 Å². The number of hydrogen-bond acceptors (Lipinski definition) is 5. The lowest BCUT2D eigenvalue weighted by Crippen LogP contribution is -2.38. The van der Waals surface area contributed by atoms with Crippen molar-refractivity contribution in [3.05, 3.63) is 69.9 Å². The van der Waals surface area contributed by atoms with Crippen molar-refractivity contribution in [2.75, 3.05) is 23.4 Å². The summed E-state index contributed by atoms with van der Waals surface area (Å²) in [6, 6.07) is 15.1. The first-order chi connectivity index (χ1) is 15.5. The minimum absolute atomic E-state index is 0.109. The molecule has 4 rings (SSSR count). The van der Waals surface area contributed by atoms with Crippen LogP contribution in [0.2, 0.25) is 0 Å². The number of amides is 2. The van der Waals surface area contributed by atoms with Gasteiger partial charge in [0.15, 0.2) is 0 Å². The second-order valence-electron chi connectivity index (χ2n) is 7.59. The molecule has 0 fully saturated rings. The van der Waals surface area contributed by atoms with E-state index >= 15 is 0 Å². The number of nitrogens with zero attached hydrogens (tertiary/aromatic N) is 2. The third kappa shape index (κ3) is 4.57. The van der Waals surface area contributed by atoms with Crippen LogP contribution in [0.5, 0.6) is 5.75 Å². The number of ether oxygens (including phenoxy) is 1. The Hall–Kier alpha value is -3.45. The van der Waals surface area contributed by atoms with E-state index in [1.54, 1.807) is 23.5 Å². The molecule has 0 radical (unpaired) electrons. The van der Waals surface area contributed by atoms with Crippen molar-refractivity contribution in [3.63, 3.8) is 0 Å². The minimum Gasteiger partial charge on any atom is -0.492 e. The van der Waals surface area contributed by atoms with Crippen LogP contribution >= 0.6 is 11.3 Å². The highest BCUT2D eigenvalue weighted by Crippen LogP contribution is 2.36. The van der Waals surface area contributed by atoms with Crippen molar-refractivity contribution in [3.8, 4) is 5.75 Å². The molecule has 0 spiro atoms. The van der Waals surface area contributed by atoms with Crippen molar-refractivity contribution in [2.24, 2.45) is 4.99 Å². The molecule has 1 aliphatic heterocycles. The molecule has 2 amide bonds. The minimum atomic E-state index is -0.297. The number of para-hydroxylation sites is 2. The quantitative estimate of drug-likeness (QED) is 0.560. The largest absolute Gasteiger partial charge is 0.492 e. The van der Waals surface area contributed by atoms with Crippen LogP contribution in [-0.2, 0) is 9.59 Å². The van der Waals surface area contributed by atoms with Crippen LogP contribution < -0.4 is 15.0 Å². The van der Waals surface area contributed by atoms with Crippen LogP contribution in [0.15, 0.2) is 58.9 Å². The summed E-state index contributed by atoms with van der Waals surface area (Å²) in [6.45, 7) is 6.28. The fraction of sp³-hybridized carbons (Fsp3) is 0.240. The van der Waals surface area contributed by atoms with Gasteiger partial charge in [-0.05, 0) is 67.6 Å². The van der Waals surface area contributed by atoms with E-state index in [1.807, 2.05) is 62.5 Å². The molecular weight excluding hydrogens is 422 g/mol. The lowest BCUT2D eigenvalue weighted by molar-refractivity contribution is -0.120. The molecule has 0 saturated heterocycles. The summed E-state index contributed by atoms with van der Waals surface area (Å²) in [6.07, 6.45) is 0.135. The molecule has 0 atom stereocenters. The Balaban J connectivity index is 1.65. The standard InChI is InChI=1S/C25H25N3O3S/c1-4-31-22-9-6-5-8-18(22)27-24(29)15-28-21-13-17(3)16(2)12-19(21)26-20(14-25(28)30)23-10-7-11-32-23/h5-13H,4,14-15H2,1-3H3,(H,27,29). The first-order valence-corrected chi connectivity index (χ1v) is 11.4. The van der Waals surface area contributed by atoms with Gasteiger partial charge >= 0.3 is 0 Å². The Morgan fingerprint density at radius 2 is 1.94 bits per heavy atom. The Bertz CT molecular complexity index is 1190. The monoisotopic (exact) mass is 447 g/mol. The first-order valence-electron chi connectivity index (χ1n) is 10.5. The second kappa shape index (κ2) is 9.36. The third-order valence-corrected chi connectivity index (χ3v) is 6.24. The van der Waals surface area contributed by atoms with Gasteiger partial charge in [0.1, 0.15) is 12.3 Å². The highest BCUT2D eigenvalue weighted by molar-refractivity contribution is 7.12. The lowest BCUT2D eigenvalue weighted by Gasteiger charge is -2.23. The van der Waals surface area contributed by atoms with Gasteiger partial charge in [-0.3, -0.25) is 9.59 Å². The molecule has 0 aliphatic carbocycles. The molecule has 32 heavy (non-hydrogen) atoms. The molecule has 2 heterocycles. The van der Waals surface area contributed by atoms with E-state index in [0.717, 1.165) is 21.7 Å². The Morgan fingerprint density at radius 1 is 1.16 bits per heavy atom. The van der Waals surface area contributed by atoms with Crippen molar-refractivity contribution >= 4 is 45.9 Å². The Kier molecular flexibility index (Phi) is 6.37. The van der Waals surface area contributed by atoms with Crippen LogP contribution in [0.3, 0.4) is 0 Å². The molecule has 6 nitrogen and oxygen atoms in total. The second-order valence-corrected chi connectivity index (χ2v) is 8.54. The zero-order valence-electron chi connectivity index (χ0n) is 18.3. The van der Waals surface area contributed by atoms with E-state index in [-0.39, 0.29) is 24.8 Å². The summed E-state index contributed by atoms with van der Waals surface area (Å²) in [5.74, 6) is 0.141. The average molecular weight is 448 g/mol. The maximum absolute atomic E-state index is 13.3. The number of carbonyl (C=O) groups is 2. The van der Waals surface area contributed by atoms with Crippen LogP contribution in [0.25, 0.3) is 0 Å². The van der Waals surface area contributed by atoms with Gasteiger partial charge in [0, 0.05) is 4.88 Å². The number of aryl methyl sites for hydroxylation is 2. The topological polar surface area (TPSA) is 71.0 Å². The van der Waals surface area contributed by atoms with E-state index in [2.05, 4.69) is 5.32 Å². The summed E-state index contributed by atoms with van der Waals surface area (Å²) < 4.78 is 5.60. The fourth-order valence-corrected chi connectivity index (χ4v) is 4.31. The van der Waals surface area contributed by atoms with Gasteiger partial charge in [-0.25, -0.2) is 4.99 Å². The summed E-state index contributed by atoms with van der Waals surface area (Å²) in [7, 11) is 0. The SMILES string of the molecule is CCOc1ccccc1NC(=O)CN1C(=O)CC(c2cccs2)=Nc2cc(C)c(C)cc21. The van der Waals surface area contributed by atoms with Gasteiger partial charge < -0.3 is 15.0 Å². The number of thiophene rings is 1. The van der Waals surface area contributed by atoms with Gasteiger partial charge in [0.2, 0.25) is 11.8 Å². The molecule has 0 saturated carbocycles. The Morgan fingerprint density at radius 3 is 2.69 bits per heavy atom. The predicted molar refractivity (Wildman–Crippen MR) is 130 cm³/mol. The van der Waals surface area contributed by atoms with Crippen molar-refractivity contribution in [1.82, 2.24) is 0 Å². The zero-order valence-corrected chi connectivity index (χ0v) is 19.2. The molecule has 164 valence electrons. The van der Waals surface area contributed by atoms with E-state index in [4.69, 9.17) is 9.73 Å². The molecule has 0 bridgehead atoms. The van der Waals surface area contributed by atoms with Crippen LogP contribution in [0, 0.1) is 13.8 Å². The molecule has 1 N–H and O–H groups in total. The van der Waals surface area contributed by atoms with Gasteiger partial charge in [-0.2, -0.15) is 0 Å². The van der Waals surface area contributed by atoms with Crippen molar-refractivity contribution in [2.45, 2.75) is 27.2 Å². The molecule has 1 aliphatic rings. The van der Waals surface area contributed by atoms with Crippen LogP contribution in [0.4, 0.5) is 17.1 Å². The van der Waals surface area contributed by atoms with Crippen molar-refractivity contribution < 1.29 is 14.3 Å². The first kappa shape index (κ1) is 21.8. The number of benzene rings is 2. The third-order valence-electron chi connectivity index (χ3n) is 5.33. The average Bonchev–Trinajstić information content (AvgIpc) is 3.27. The van der Waals surface area contributed by atoms with Gasteiger partial charge in [0.25, 0.3) is 0 Å². The number of rotatable bonds is 6. The summed E-state index contributed by atoms with van der Waals surface area (Å²) in [5, 5.41) is 4.85.